The highest BCUT2D eigenvalue weighted by Gasteiger charge is 2.24. The molecule has 1 heterocycles. The first-order valence-corrected chi connectivity index (χ1v) is 7.57. The number of likely N-dealkylation sites (N-methyl/N-ethyl adjacent to an activating group) is 1. The summed E-state index contributed by atoms with van der Waals surface area (Å²) in [7, 11) is 1.63. The van der Waals surface area contributed by atoms with Crippen molar-refractivity contribution in [2.45, 2.75) is 13.0 Å². The molecule has 1 fully saturated rings. The van der Waals surface area contributed by atoms with E-state index < -0.39 is 0 Å². The Hall–Kier alpha value is -0.810. The smallest absolute Gasteiger partial charge is 0.137 e. The number of benzene rings is 1. The van der Waals surface area contributed by atoms with E-state index in [9.17, 15) is 0 Å². The number of nitrogens with zero attached hydrogens (tertiary/aromatic N) is 2. The van der Waals surface area contributed by atoms with Crippen LogP contribution in [-0.4, -0.2) is 56.2 Å². The van der Waals surface area contributed by atoms with Gasteiger partial charge in [-0.05, 0) is 24.2 Å². The number of hydrogen-bond donors (Lipinski definition) is 1. The van der Waals surface area contributed by atoms with Gasteiger partial charge in [-0.1, -0.05) is 24.6 Å². The fourth-order valence-electron chi connectivity index (χ4n) is 2.78. The summed E-state index contributed by atoms with van der Waals surface area (Å²) >= 11 is 6.22. The summed E-state index contributed by atoms with van der Waals surface area (Å²) < 4.78 is 5.20. The van der Waals surface area contributed by atoms with Crippen molar-refractivity contribution in [2.24, 2.45) is 5.73 Å². The maximum Gasteiger partial charge on any atom is 0.137 e. The topological polar surface area (TPSA) is 41.7 Å². The lowest BCUT2D eigenvalue weighted by Gasteiger charge is -2.38. The van der Waals surface area contributed by atoms with Crippen LogP contribution in [-0.2, 0) is 0 Å². The predicted octanol–water partition coefficient (Wildman–Crippen LogP) is 1.99. The lowest BCUT2D eigenvalue weighted by Crippen LogP contribution is -2.48. The van der Waals surface area contributed by atoms with Gasteiger partial charge in [0.2, 0.25) is 0 Å². The van der Waals surface area contributed by atoms with Crippen molar-refractivity contribution in [3.05, 3.63) is 28.8 Å². The van der Waals surface area contributed by atoms with Crippen molar-refractivity contribution in [2.75, 3.05) is 46.4 Å². The fourth-order valence-corrected chi connectivity index (χ4v) is 3.04. The minimum atomic E-state index is 0.234. The standard InChI is InChI=1S/C15H24ClN3O/c1-3-18-6-8-19(9-7-18)14(11-17)12-4-5-15(20-2)13(16)10-12/h4-5,10,14H,3,6-9,11,17H2,1-2H3. The lowest BCUT2D eigenvalue weighted by atomic mass is 10.0. The van der Waals surface area contributed by atoms with Crippen LogP contribution < -0.4 is 10.5 Å². The second-order valence-corrected chi connectivity index (χ2v) is 5.52. The van der Waals surface area contributed by atoms with Gasteiger partial charge in [0.15, 0.2) is 0 Å². The van der Waals surface area contributed by atoms with Gasteiger partial charge in [-0.25, -0.2) is 0 Å². The molecular formula is C15H24ClN3O. The molecule has 2 N–H and O–H groups in total. The van der Waals surface area contributed by atoms with E-state index in [1.165, 1.54) is 5.56 Å². The van der Waals surface area contributed by atoms with Crippen LogP contribution in [0.3, 0.4) is 0 Å². The fraction of sp³-hybridized carbons (Fsp3) is 0.600. The SMILES string of the molecule is CCN1CCN(C(CN)c2ccc(OC)c(Cl)c2)CC1. The summed E-state index contributed by atoms with van der Waals surface area (Å²) in [6.45, 7) is 8.26. The Labute approximate surface area is 126 Å². The molecule has 112 valence electrons. The zero-order chi connectivity index (χ0) is 14.5. The molecule has 1 saturated heterocycles. The summed E-state index contributed by atoms with van der Waals surface area (Å²) in [5.41, 5.74) is 7.16. The molecule has 1 aliphatic heterocycles. The molecule has 0 amide bonds. The number of halogens is 1. The maximum atomic E-state index is 6.22. The molecule has 1 aromatic carbocycles. The van der Waals surface area contributed by atoms with Gasteiger partial charge >= 0.3 is 0 Å². The van der Waals surface area contributed by atoms with Crippen molar-refractivity contribution < 1.29 is 4.74 Å². The molecule has 1 aliphatic rings. The van der Waals surface area contributed by atoms with Gasteiger partial charge in [0.1, 0.15) is 5.75 Å². The largest absolute Gasteiger partial charge is 0.495 e. The van der Waals surface area contributed by atoms with E-state index in [0.29, 0.717) is 17.3 Å². The van der Waals surface area contributed by atoms with Crippen molar-refractivity contribution in [3.8, 4) is 5.75 Å². The Morgan fingerprint density at radius 3 is 2.50 bits per heavy atom. The predicted molar refractivity (Wildman–Crippen MR) is 83.5 cm³/mol. The number of nitrogens with two attached hydrogens (primary N) is 1. The van der Waals surface area contributed by atoms with Crippen LogP contribution in [0.4, 0.5) is 0 Å². The van der Waals surface area contributed by atoms with Crippen LogP contribution in [0.1, 0.15) is 18.5 Å². The van der Waals surface area contributed by atoms with Crippen LogP contribution >= 0.6 is 11.6 Å². The average molecular weight is 298 g/mol. The molecule has 0 spiro atoms. The second kappa shape index (κ2) is 7.27. The third kappa shape index (κ3) is 3.44. The van der Waals surface area contributed by atoms with Crippen LogP contribution in [0, 0.1) is 0 Å². The zero-order valence-electron chi connectivity index (χ0n) is 12.3. The molecule has 1 unspecified atom stereocenters. The Bertz CT molecular complexity index is 433. The zero-order valence-corrected chi connectivity index (χ0v) is 13.1. The number of hydrogen-bond acceptors (Lipinski definition) is 4. The first-order valence-electron chi connectivity index (χ1n) is 7.19. The van der Waals surface area contributed by atoms with E-state index in [1.807, 2.05) is 12.1 Å². The molecule has 1 atom stereocenters. The van der Waals surface area contributed by atoms with Crippen LogP contribution in [0.15, 0.2) is 18.2 Å². The third-order valence-electron chi connectivity index (χ3n) is 4.08. The van der Waals surface area contributed by atoms with E-state index in [4.69, 9.17) is 22.1 Å². The van der Waals surface area contributed by atoms with E-state index in [2.05, 4.69) is 22.8 Å². The van der Waals surface area contributed by atoms with Crippen LogP contribution in [0.2, 0.25) is 5.02 Å². The number of ether oxygens (including phenoxy) is 1. The maximum absolute atomic E-state index is 6.22. The summed E-state index contributed by atoms with van der Waals surface area (Å²) in [6.07, 6.45) is 0. The number of piperazine rings is 1. The molecular weight excluding hydrogens is 274 g/mol. The van der Waals surface area contributed by atoms with Gasteiger partial charge in [-0.2, -0.15) is 0 Å². The Balaban J connectivity index is 2.10. The summed E-state index contributed by atoms with van der Waals surface area (Å²) in [5.74, 6) is 0.710. The molecule has 0 radical (unpaired) electrons. The molecule has 2 rings (SSSR count). The third-order valence-corrected chi connectivity index (χ3v) is 4.37. The van der Waals surface area contributed by atoms with E-state index >= 15 is 0 Å². The Morgan fingerprint density at radius 1 is 1.30 bits per heavy atom. The van der Waals surface area contributed by atoms with Gasteiger partial charge in [0.25, 0.3) is 0 Å². The first-order chi connectivity index (χ1) is 9.69. The summed E-state index contributed by atoms with van der Waals surface area (Å²) in [6, 6.07) is 6.19. The van der Waals surface area contributed by atoms with Crippen molar-refractivity contribution in [1.29, 1.82) is 0 Å². The highest BCUT2D eigenvalue weighted by molar-refractivity contribution is 6.32. The van der Waals surface area contributed by atoms with Crippen molar-refractivity contribution in [3.63, 3.8) is 0 Å². The molecule has 0 aliphatic carbocycles. The Morgan fingerprint density at radius 2 is 2.00 bits per heavy atom. The van der Waals surface area contributed by atoms with Gasteiger partial charge in [-0.15, -0.1) is 0 Å². The highest BCUT2D eigenvalue weighted by Crippen LogP contribution is 2.30. The second-order valence-electron chi connectivity index (χ2n) is 5.12. The lowest BCUT2D eigenvalue weighted by molar-refractivity contribution is 0.102. The minimum Gasteiger partial charge on any atom is -0.495 e. The highest BCUT2D eigenvalue weighted by atomic mass is 35.5. The number of methoxy groups -OCH3 is 1. The van der Waals surface area contributed by atoms with Crippen LogP contribution in [0.25, 0.3) is 0 Å². The minimum absolute atomic E-state index is 0.234. The van der Waals surface area contributed by atoms with Crippen LogP contribution in [0.5, 0.6) is 5.75 Å². The Kier molecular flexibility index (Phi) is 5.66. The number of rotatable bonds is 5. The molecule has 20 heavy (non-hydrogen) atoms. The molecule has 0 saturated carbocycles. The average Bonchev–Trinajstić information content (AvgIpc) is 2.49. The molecule has 0 bridgehead atoms. The van der Waals surface area contributed by atoms with Gasteiger partial charge in [0, 0.05) is 38.8 Å². The van der Waals surface area contributed by atoms with E-state index in [-0.39, 0.29) is 6.04 Å². The summed E-state index contributed by atoms with van der Waals surface area (Å²) in [4.78, 5) is 4.91. The first kappa shape index (κ1) is 15.6. The van der Waals surface area contributed by atoms with E-state index in [1.54, 1.807) is 7.11 Å². The monoisotopic (exact) mass is 297 g/mol. The molecule has 4 nitrogen and oxygen atoms in total. The molecule has 5 heteroatoms. The molecule has 1 aromatic rings. The summed E-state index contributed by atoms with van der Waals surface area (Å²) in [5, 5.41) is 0.649. The van der Waals surface area contributed by atoms with E-state index in [0.717, 1.165) is 32.7 Å². The quantitative estimate of drug-likeness (QED) is 0.902. The van der Waals surface area contributed by atoms with Gasteiger partial charge in [-0.3, -0.25) is 4.90 Å². The van der Waals surface area contributed by atoms with Gasteiger partial charge in [0.05, 0.1) is 12.1 Å². The normalized spacial score (nSPS) is 19.0. The molecule has 0 aromatic heterocycles. The van der Waals surface area contributed by atoms with Crippen molar-refractivity contribution in [1.82, 2.24) is 9.80 Å². The van der Waals surface area contributed by atoms with Crippen molar-refractivity contribution >= 4 is 11.6 Å². The van der Waals surface area contributed by atoms with Gasteiger partial charge < -0.3 is 15.4 Å².